The number of carbonyl (C=O) groups is 1. The van der Waals surface area contributed by atoms with Crippen molar-refractivity contribution in [1.29, 1.82) is 0 Å². The van der Waals surface area contributed by atoms with E-state index in [0.29, 0.717) is 0 Å². The van der Waals surface area contributed by atoms with Gasteiger partial charge in [0.1, 0.15) is 0 Å². The zero-order valence-electron chi connectivity index (χ0n) is 12.6. The Hall–Kier alpha value is 0.469. The van der Waals surface area contributed by atoms with Crippen LogP contribution < -0.4 is 0 Å². The first-order valence-electron chi connectivity index (χ1n) is 8.77. The van der Waals surface area contributed by atoms with Crippen LogP contribution in [0.1, 0.15) is 84.0 Å². The van der Waals surface area contributed by atoms with Gasteiger partial charge in [-0.15, -0.1) is 0 Å². The van der Waals surface area contributed by atoms with E-state index in [9.17, 15) is 4.79 Å². The Bertz CT molecular complexity index is 279. The summed E-state index contributed by atoms with van der Waals surface area (Å²) in [6, 6.07) is 0. The standard InChI is InChI=1S/3C5H9.C2H3O.Sn/c3*1-2-4-5-3-1;1-2-3;/h3*1H,2-5H2;1H3;. The van der Waals surface area contributed by atoms with Gasteiger partial charge in [-0.05, 0) is 0 Å². The SMILES string of the molecule is C[C](=O)[Sn]([CH]1CCCC1)([CH]1CCCC1)[CH]1CCCC1. The molecule has 0 aromatic carbocycles. The van der Waals surface area contributed by atoms with Gasteiger partial charge >= 0.3 is 123 Å². The zero-order valence-corrected chi connectivity index (χ0v) is 15.5. The first kappa shape index (κ1) is 14.4. The Balaban J connectivity index is 1.96. The number of hydrogen-bond donors (Lipinski definition) is 0. The zero-order chi connectivity index (χ0) is 13.3. The monoisotopic (exact) mass is 370 g/mol. The van der Waals surface area contributed by atoms with E-state index in [4.69, 9.17) is 0 Å². The van der Waals surface area contributed by atoms with E-state index in [1.165, 1.54) is 77.0 Å². The summed E-state index contributed by atoms with van der Waals surface area (Å²) in [5.74, 6) is 0. The Morgan fingerprint density at radius 2 is 0.947 bits per heavy atom. The second-order valence-electron chi connectivity index (χ2n) is 7.43. The van der Waals surface area contributed by atoms with Crippen molar-refractivity contribution in [1.82, 2.24) is 0 Å². The molecule has 0 atom stereocenters. The molecule has 2 heteroatoms. The molecule has 1 nitrogen and oxygen atoms in total. The van der Waals surface area contributed by atoms with Crippen molar-refractivity contribution in [3.8, 4) is 0 Å². The molecule has 3 aliphatic carbocycles. The summed E-state index contributed by atoms with van der Waals surface area (Å²) < 4.78 is 3.61. The molecule has 0 spiro atoms. The third-order valence-electron chi connectivity index (χ3n) is 6.70. The van der Waals surface area contributed by atoms with Crippen LogP contribution in [0.2, 0.25) is 11.8 Å². The third-order valence-corrected chi connectivity index (χ3v) is 26.7. The normalized spacial score (nSPS) is 27.4. The Morgan fingerprint density at radius 3 is 1.16 bits per heavy atom. The molecule has 0 saturated heterocycles. The quantitative estimate of drug-likeness (QED) is 0.607. The summed E-state index contributed by atoms with van der Waals surface area (Å²) in [4.78, 5) is 12.9. The van der Waals surface area contributed by atoms with Crippen molar-refractivity contribution in [2.45, 2.75) is 95.8 Å². The fourth-order valence-corrected chi connectivity index (χ4v) is 28.4. The van der Waals surface area contributed by atoms with Gasteiger partial charge in [0.05, 0.1) is 0 Å². The first-order valence-corrected chi connectivity index (χ1v) is 15.1. The Kier molecular flexibility index (Phi) is 4.60. The fourth-order valence-electron chi connectivity index (χ4n) is 6.07. The molecular formula is C17H30OSn. The second-order valence-corrected chi connectivity index (χ2v) is 21.8. The van der Waals surface area contributed by atoms with E-state index in [-0.39, 0.29) is 0 Å². The average molecular weight is 369 g/mol. The van der Waals surface area contributed by atoms with Crippen molar-refractivity contribution in [2.75, 3.05) is 0 Å². The molecule has 0 amide bonds. The summed E-state index contributed by atoms with van der Waals surface area (Å²) >= 11 is -2.64. The fraction of sp³-hybridized carbons (Fsp3) is 0.941. The molecule has 0 unspecified atom stereocenters. The average Bonchev–Trinajstić information content (AvgIpc) is 3.15. The van der Waals surface area contributed by atoms with Crippen LogP contribution in [-0.4, -0.2) is 22.2 Å². The van der Waals surface area contributed by atoms with Crippen LogP contribution in [0.4, 0.5) is 0 Å². The van der Waals surface area contributed by atoms with E-state index in [1.54, 1.807) is 0 Å². The van der Waals surface area contributed by atoms with E-state index < -0.39 is 18.4 Å². The number of carbonyl (C=O) groups excluding carboxylic acids is 1. The van der Waals surface area contributed by atoms with Gasteiger partial charge in [0, 0.05) is 0 Å². The molecule has 19 heavy (non-hydrogen) atoms. The summed E-state index contributed by atoms with van der Waals surface area (Å²) in [6.45, 7) is 2.03. The maximum absolute atomic E-state index is 12.9. The van der Waals surface area contributed by atoms with Gasteiger partial charge in [0.25, 0.3) is 0 Å². The molecule has 3 fully saturated rings. The van der Waals surface area contributed by atoms with Crippen LogP contribution >= 0.6 is 0 Å². The molecule has 3 saturated carbocycles. The van der Waals surface area contributed by atoms with Gasteiger partial charge in [-0.25, -0.2) is 0 Å². The van der Waals surface area contributed by atoms with Crippen molar-refractivity contribution in [3.05, 3.63) is 0 Å². The van der Waals surface area contributed by atoms with Crippen molar-refractivity contribution in [2.24, 2.45) is 0 Å². The minimum atomic E-state index is -2.64. The number of hydrogen-bond acceptors (Lipinski definition) is 1. The molecule has 0 radical (unpaired) electrons. The Morgan fingerprint density at radius 1 is 0.684 bits per heavy atom. The third kappa shape index (κ3) is 2.42. The Labute approximate surface area is 122 Å². The van der Waals surface area contributed by atoms with Crippen LogP contribution in [0.15, 0.2) is 0 Å². The van der Waals surface area contributed by atoms with Gasteiger partial charge in [-0.1, -0.05) is 0 Å². The molecule has 3 rings (SSSR count). The molecular weight excluding hydrogens is 339 g/mol. The molecule has 108 valence electrons. The first-order chi connectivity index (χ1) is 9.26. The summed E-state index contributed by atoms with van der Waals surface area (Å²) in [7, 11) is 0. The molecule has 0 N–H and O–H groups in total. The van der Waals surface area contributed by atoms with Crippen LogP contribution in [0.5, 0.6) is 0 Å². The number of rotatable bonds is 4. The van der Waals surface area contributed by atoms with Gasteiger partial charge in [-0.2, -0.15) is 0 Å². The second kappa shape index (κ2) is 6.07. The minimum absolute atomic E-state index is 0.778. The van der Waals surface area contributed by atoms with Gasteiger partial charge in [0.15, 0.2) is 0 Å². The summed E-state index contributed by atoms with van der Waals surface area (Å²) in [5, 5.41) is 0. The van der Waals surface area contributed by atoms with Gasteiger partial charge < -0.3 is 0 Å². The molecule has 0 bridgehead atoms. The molecule has 0 heterocycles. The van der Waals surface area contributed by atoms with Gasteiger partial charge in [-0.3, -0.25) is 0 Å². The van der Waals surface area contributed by atoms with E-state index in [0.717, 1.165) is 15.6 Å². The maximum atomic E-state index is 12.9. The van der Waals surface area contributed by atoms with Crippen molar-refractivity contribution in [3.63, 3.8) is 0 Å². The van der Waals surface area contributed by atoms with E-state index in [1.807, 2.05) is 6.92 Å². The van der Waals surface area contributed by atoms with Crippen molar-refractivity contribution >= 4 is 22.2 Å². The van der Waals surface area contributed by atoms with E-state index >= 15 is 0 Å². The molecule has 0 aromatic rings. The van der Waals surface area contributed by atoms with Crippen LogP contribution in [0.3, 0.4) is 0 Å². The topological polar surface area (TPSA) is 17.1 Å². The summed E-state index contributed by atoms with van der Waals surface area (Å²) in [5.41, 5.74) is 0. The molecule has 3 aliphatic rings. The van der Waals surface area contributed by atoms with Crippen LogP contribution in [-0.2, 0) is 4.79 Å². The molecule has 0 aromatic heterocycles. The van der Waals surface area contributed by atoms with Crippen molar-refractivity contribution < 1.29 is 4.79 Å². The predicted octanol–water partition coefficient (Wildman–Crippen LogP) is 5.40. The van der Waals surface area contributed by atoms with Crippen LogP contribution in [0, 0.1) is 0 Å². The van der Waals surface area contributed by atoms with E-state index in [2.05, 4.69) is 0 Å². The van der Waals surface area contributed by atoms with Crippen LogP contribution in [0.25, 0.3) is 0 Å². The summed E-state index contributed by atoms with van der Waals surface area (Å²) in [6.07, 6.45) is 17.2. The molecule has 0 aliphatic heterocycles. The van der Waals surface area contributed by atoms with Gasteiger partial charge in [0.2, 0.25) is 0 Å². The predicted molar refractivity (Wildman–Crippen MR) is 83.1 cm³/mol.